The lowest BCUT2D eigenvalue weighted by Crippen LogP contribution is -2.51. The lowest BCUT2D eigenvalue weighted by Gasteiger charge is -2.35. The number of carbonyl (C=O) groups is 1. The van der Waals surface area contributed by atoms with Crippen molar-refractivity contribution < 1.29 is 9.53 Å². The molecule has 1 aromatic heterocycles. The van der Waals surface area contributed by atoms with Gasteiger partial charge in [0.25, 0.3) is 5.91 Å². The Labute approximate surface area is 150 Å². The molecule has 0 saturated carbocycles. The average Bonchev–Trinajstić information content (AvgIpc) is 3.25. The van der Waals surface area contributed by atoms with Crippen LogP contribution in [0.2, 0.25) is 5.02 Å². The number of piperazine rings is 1. The molecule has 0 aliphatic carbocycles. The van der Waals surface area contributed by atoms with Crippen molar-refractivity contribution in [2.24, 2.45) is 0 Å². The number of amides is 1. The quantitative estimate of drug-likeness (QED) is 0.837. The SMILES string of the molecule is O=C(C1CCCO1)N1CCN(Cc2sc3ccccc3c2Cl)CC1. The highest BCUT2D eigenvalue weighted by Gasteiger charge is 2.30. The van der Waals surface area contributed by atoms with Crippen LogP contribution in [-0.2, 0) is 16.1 Å². The maximum Gasteiger partial charge on any atom is 0.251 e. The maximum atomic E-state index is 12.4. The summed E-state index contributed by atoms with van der Waals surface area (Å²) in [5.74, 6) is 0.173. The van der Waals surface area contributed by atoms with Gasteiger partial charge in [-0.15, -0.1) is 11.3 Å². The number of benzene rings is 1. The van der Waals surface area contributed by atoms with Gasteiger partial charge in [-0.25, -0.2) is 0 Å². The third-order valence-corrected chi connectivity index (χ3v) is 6.56. The van der Waals surface area contributed by atoms with Crippen LogP contribution in [-0.4, -0.2) is 54.6 Å². The van der Waals surface area contributed by atoms with Crippen LogP contribution in [0.5, 0.6) is 0 Å². The van der Waals surface area contributed by atoms with Crippen molar-refractivity contribution in [3.05, 3.63) is 34.2 Å². The number of nitrogens with zero attached hydrogens (tertiary/aromatic N) is 2. The van der Waals surface area contributed by atoms with Crippen molar-refractivity contribution >= 4 is 38.9 Å². The highest BCUT2D eigenvalue weighted by molar-refractivity contribution is 7.19. The molecule has 1 aromatic carbocycles. The molecule has 2 fully saturated rings. The fraction of sp³-hybridized carbons (Fsp3) is 0.500. The maximum absolute atomic E-state index is 12.4. The third kappa shape index (κ3) is 3.18. The van der Waals surface area contributed by atoms with E-state index in [1.54, 1.807) is 11.3 Å². The molecule has 2 aliphatic heterocycles. The van der Waals surface area contributed by atoms with Crippen molar-refractivity contribution in [1.82, 2.24) is 9.80 Å². The smallest absolute Gasteiger partial charge is 0.251 e. The van der Waals surface area contributed by atoms with E-state index in [1.165, 1.54) is 9.58 Å². The molecule has 1 amide bonds. The summed E-state index contributed by atoms with van der Waals surface area (Å²) in [5.41, 5.74) is 0. The topological polar surface area (TPSA) is 32.8 Å². The molecule has 0 N–H and O–H groups in total. The van der Waals surface area contributed by atoms with Crippen LogP contribution in [0.4, 0.5) is 0 Å². The largest absolute Gasteiger partial charge is 0.368 e. The molecule has 24 heavy (non-hydrogen) atoms. The molecule has 0 spiro atoms. The lowest BCUT2D eigenvalue weighted by atomic mass is 10.2. The first-order chi connectivity index (χ1) is 11.7. The summed E-state index contributed by atoms with van der Waals surface area (Å²) in [5, 5.41) is 2.03. The second-order valence-corrected chi connectivity index (χ2v) is 7.95. The summed E-state index contributed by atoms with van der Waals surface area (Å²) in [7, 11) is 0. The first-order valence-corrected chi connectivity index (χ1v) is 9.70. The van der Waals surface area contributed by atoms with E-state index in [1.807, 2.05) is 11.0 Å². The minimum atomic E-state index is -0.200. The summed E-state index contributed by atoms with van der Waals surface area (Å²) in [6.07, 6.45) is 1.67. The number of rotatable bonds is 3. The summed E-state index contributed by atoms with van der Waals surface area (Å²) < 4.78 is 6.76. The van der Waals surface area contributed by atoms with Gasteiger partial charge in [-0.1, -0.05) is 29.8 Å². The van der Waals surface area contributed by atoms with E-state index in [2.05, 4.69) is 23.1 Å². The molecule has 3 heterocycles. The van der Waals surface area contributed by atoms with E-state index in [0.29, 0.717) is 0 Å². The van der Waals surface area contributed by atoms with Crippen LogP contribution in [0, 0.1) is 0 Å². The zero-order valence-corrected chi connectivity index (χ0v) is 15.1. The van der Waals surface area contributed by atoms with Crippen LogP contribution >= 0.6 is 22.9 Å². The van der Waals surface area contributed by atoms with Crippen LogP contribution in [0.1, 0.15) is 17.7 Å². The van der Waals surface area contributed by atoms with Gasteiger partial charge >= 0.3 is 0 Å². The first kappa shape index (κ1) is 16.3. The Kier molecular flexibility index (Phi) is 4.77. The minimum absolute atomic E-state index is 0.173. The Morgan fingerprint density at radius 2 is 2.04 bits per heavy atom. The monoisotopic (exact) mass is 364 g/mol. The van der Waals surface area contributed by atoms with E-state index in [-0.39, 0.29) is 12.0 Å². The van der Waals surface area contributed by atoms with Crippen LogP contribution in [0.15, 0.2) is 24.3 Å². The summed E-state index contributed by atoms with van der Waals surface area (Å²) in [4.78, 5) is 18.0. The summed E-state index contributed by atoms with van der Waals surface area (Å²) in [6, 6.07) is 8.28. The molecule has 2 aromatic rings. The number of ether oxygens (including phenoxy) is 1. The van der Waals surface area contributed by atoms with Gasteiger partial charge in [-0.2, -0.15) is 0 Å². The average molecular weight is 365 g/mol. The molecule has 4 nitrogen and oxygen atoms in total. The first-order valence-electron chi connectivity index (χ1n) is 8.51. The Morgan fingerprint density at radius 1 is 1.25 bits per heavy atom. The van der Waals surface area contributed by atoms with Gasteiger partial charge in [0.2, 0.25) is 0 Å². The highest BCUT2D eigenvalue weighted by atomic mass is 35.5. The molecule has 6 heteroatoms. The zero-order chi connectivity index (χ0) is 16.5. The van der Waals surface area contributed by atoms with E-state index < -0.39 is 0 Å². The zero-order valence-electron chi connectivity index (χ0n) is 13.5. The Balaban J connectivity index is 1.37. The molecule has 2 aliphatic rings. The Hall–Kier alpha value is -1.14. The normalized spacial score (nSPS) is 22.4. The molecule has 2 saturated heterocycles. The minimum Gasteiger partial charge on any atom is -0.368 e. The van der Waals surface area contributed by atoms with Gasteiger partial charge in [0.15, 0.2) is 0 Å². The van der Waals surface area contributed by atoms with Gasteiger partial charge in [0.1, 0.15) is 6.10 Å². The molecule has 1 unspecified atom stereocenters. The Bertz CT molecular complexity index is 734. The molecule has 0 radical (unpaired) electrons. The number of hydrogen-bond donors (Lipinski definition) is 0. The summed E-state index contributed by atoms with van der Waals surface area (Å²) >= 11 is 8.32. The predicted molar refractivity (Wildman–Crippen MR) is 97.7 cm³/mol. The van der Waals surface area contributed by atoms with Crippen molar-refractivity contribution in [3.63, 3.8) is 0 Å². The molecular formula is C18H21ClN2O2S. The fourth-order valence-corrected chi connectivity index (χ4v) is 5.01. The highest BCUT2D eigenvalue weighted by Crippen LogP contribution is 2.36. The van der Waals surface area contributed by atoms with Crippen molar-refractivity contribution in [1.29, 1.82) is 0 Å². The molecule has 1 atom stereocenters. The number of carbonyl (C=O) groups excluding carboxylic acids is 1. The van der Waals surface area contributed by atoms with Crippen molar-refractivity contribution in [2.75, 3.05) is 32.8 Å². The molecular weight excluding hydrogens is 344 g/mol. The van der Waals surface area contributed by atoms with Crippen molar-refractivity contribution in [3.8, 4) is 0 Å². The van der Waals surface area contributed by atoms with E-state index in [0.717, 1.165) is 62.6 Å². The fourth-order valence-electron chi connectivity index (χ4n) is 3.47. The van der Waals surface area contributed by atoms with Gasteiger partial charge in [-0.3, -0.25) is 9.69 Å². The number of thiophene rings is 1. The van der Waals surface area contributed by atoms with E-state index in [4.69, 9.17) is 16.3 Å². The second kappa shape index (κ2) is 7.00. The number of fused-ring (bicyclic) bond motifs is 1. The standard InChI is InChI=1S/C18H21ClN2O2S/c19-17-13-4-1-2-6-15(13)24-16(17)12-20-7-9-21(10-8-20)18(22)14-5-3-11-23-14/h1-2,4,6,14H,3,5,7-12H2. The van der Waals surface area contributed by atoms with Gasteiger partial charge in [0, 0.05) is 54.3 Å². The van der Waals surface area contributed by atoms with Crippen LogP contribution < -0.4 is 0 Å². The lowest BCUT2D eigenvalue weighted by molar-refractivity contribution is -0.142. The molecule has 128 valence electrons. The van der Waals surface area contributed by atoms with Crippen LogP contribution in [0.3, 0.4) is 0 Å². The molecule has 0 bridgehead atoms. The van der Waals surface area contributed by atoms with Crippen molar-refractivity contribution in [2.45, 2.75) is 25.5 Å². The van der Waals surface area contributed by atoms with Gasteiger partial charge in [-0.05, 0) is 18.9 Å². The van der Waals surface area contributed by atoms with Gasteiger partial charge < -0.3 is 9.64 Å². The Morgan fingerprint density at radius 3 is 2.75 bits per heavy atom. The number of hydrogen-bond acceptors (Lipinski definition) is 4. The third-order valence-electron chi connectivity index (χ3n) is 4.86. The summed E-state index contributed by atoms with van der Waals surface area (Å²) in [6.45, 7) is 4.93. The molecule has 4 rings (SSSR count). The van der Waals surface area contributed by atoms with E-state index >= 15 is 0 Å². The van der Waals surface area contributed by atoms with Gasteiger partial charge in [0.05, 0.1) is 5.02 Å². The van der Waals surface area contributed by atoms with E-state index in [9.17, 15) is 4.79 Å². The predicted octanol–water partition coefficient (Wildman–Crippen LogP) is 3.38. The van der Waals surface area contributed by atoms with Crippen LogP contribution in [0.25, 0.3) is 10.1 Å². The number of halogens is 1. The second-order valence-electron chi connectivity index (χ2n) is 6.44.